The van der Waals surface area contributed by atoms with Crippen molar-refractivity contribution in [3.05, 3.63) is 41.7 Å². The van der Waals surface area contributed by atoms with Gasteiger partial charge >= 0.3 is 0 Å². The van der Waals surface area contributed by atoms with Crippen LogP contribution in [-0.4, -0.2) is 19.7 Å². The molecule has 1 N–H and O–H groups in total. The van der Waals surface area contributed by atoms with Crippen LogP contribution in [0.25, 0.3) is 0 Å². The van der Waals surface area contributed by atoms with Gasteiger partial charge in [-0.2, -0.15) is 5.10 Å². The molecule has 0 saturated heterocycles. The molecule has 0 aliphatic heterocycles. The minimum absolute atomic E-state index is 0.00349. The molecule has 0 aromatic carbocycles. The SMILES string of the molecule is CCn1ncnc1CNC(C)c1ccc(C(F)F)nc1. The minimum atomic E-state index is -2.53. The Kier molecular flexibility index (Phi) is 4.73. The summed E-state index contributed by atoms with van der Waals surface area (Å²) in [6.07, 6.45) is 0.462. The quantitative estimate of drug-likeness (QED) is 0.883. The third-order valence-electron chi connectivity index (χ3n) is 3.09. The number of rotatable bonds is 6. The maximum atomic E-state index is 12.4. The topological polar surface area (TPSA) is 55.6 Å². The van der Waals surface area contributed by atoms with Gasteiger partial charge in [0.2, 0.25) is 0 Å². The lowest BCUT2D eigenvalue weighted by Crippen LogP contribution is -2.21. The first kappa shape index (κ1) is 14.5. The summed E-state index contributed by atoms with van der Waals surface area (Å²) in [5.74, 6) is 0.844. The van der Waals surface area contributed by atoms with Gasteiger partial charge in [-0.25, -0.2) is 18.4 Å². The highest BCUT2D eigenvalue weighted by molar-refractivity contribution is 5.17. The van der Waals surface area contributed by atoms with E-state index in [0.717, 1.165) is 17.9 Å². The first-order valence-corrected chi connectivity index (χ1v) is 6.46. The summed E-state index contributed by atoms with van der Waals surface area (Å²) in [5.41, 5.74) is 0.656. The predicted octanol–water partition coefficient (Wildman–Crippen LogP) is 2.48. The van der Waals surface area contributed by atoms with E-state index in [-0.39, 0.29) is 11.7 Å². The molecule has 2 aromatic rings. The maximum absolute atomic E-state index is 12.4. The summed E-state index contributed by atoms with van der Waals surface area (Å²) in [5, 5.41) is 7.36. The summed E-state index contributed by atoms with van der Waals surface area (Å²) < 4.78 is 26.6. The highest BCUT2D eigenvalue weighted by atomic mass is 19.3. The number of nitrogens with zero attached hydrogens (tertiary/aromatic N) is 4. The lowest BCUT2D eigenvalue weighted by molar-refractivity contribution is 0.146. The summed E-state index contributed by atoms with van der Waals surface area (Å²) in [6.45, 7) is 5.27. The summed E-state index contributed by atoms with van der Waals surface area (Å²) in [6, 6.07) is 3.01. The van der Waals surface area contributed by atoms with Crippen molar-refractivity contribution in [3.63, 3.8) is 0 Å². The Balaban J connectivity index is 1.96. The van der Waals surface area contributed by atoms with Crippen LogP contribution in [0.4, 0.5) is 8.78 Å². The molecule has 1 unspecified atom stereocenters. The fourth-order valence-electron chi connectivity index (χ4n) is 1.85. The third-order valence-corrected chi connectivity index (χ3v) is 3.09. The van der Waals surface area contributed by atoms with E-state index < -0.39 is 6.43 Å². The number of nitrogens with one attached hydrogen (secondary N) is 1. The van der Waals surface area contributed by atoms with E-state index in [0.29, 0.717) is 6.54 Å². The number of pyridine rings is 1. The van der Waals surface area contributed by atoms with E-state index in [1.807, 2.05) is 13.8 Å². The van der Waals surface area contributed by atoms with Gasteiger partial charge in [-0.3, -0.25) is 4.98 Å². The van der Waals surface area contributed by atoms with Crippen molar-refractivity contribution in [2.45, 2.75) is 39.4 Å². The van der Waals surface area contributed by atoms with Crippen LogP contribution in [0.3, 0.4) is 0 Å². The number of hydrogen-bond acceptors (Lipinski definition) is 4. The van der Waals surface area contributed by atoms with Crippen LogP contribution in [0.2, 0.25) is 0 Å². The number of aryl methyl sites for hydroxylation is 1. The van der Waals surface area contributed by atoms with Crippen LogP contribution in [0.5, 0.6) is 0 Å². The van der Waals surface area contributed by atoms with Gasteiger partial charge in [0.1, 0.15) is 17.8 Å². The van der Waals surface area contributed by atoms with Crippen LogP contribution >= 0.6 is 0 Å². The Bertz CT molecular complexity index is 538. The third kappa shape index (κ3) is 3.36. The highest BCUT2D eigenvalue weighted by Crippen LogP contribution is 2.18. The number of alkyl halides is 2. The van der Waals surface area contributed by atoms with Crippen molar-refractivity contribution < 1.29 is 8.78 Å². The van der Waals surface area contributed by atoms with Crippen molar-refractivity contribution in [1.82, 2.24) is 25.1 Å². The van der Waals surface area contributed by atoms with Gasteiger partial charge < -0.3 is 5.32 Å². The average Bonchev–Trinajstić information content (AvgIpc) is 2.92. The molecule has 0 saturated carbocycles. The second-order valence-electron chi connectivity index (χ2n) is 4.41. The molecule has 0 aliphatic rings. The van der Waals surface area contributed by atoms with Crippen molar-refractivity contribution >= 4 is 0 Å². The Morgan fingerprint density at radius 1 is 1.30 bits per heavy atom. The molecule has 0 radical (unpaired) electrons. The van der Waals surface area contributed by atoms with Crippen LogP contribution in [0.1, 0.15) is 43.4 Å². The van der Waals surface area contributed by atoms with Gasteiger partial charge in [-0.15, -0.1) is 0 Å². The second-order valence-corrected chi connectivity index (χ2v) is 4.41. The molecule has 7 heteroatoms. The van der Waals surface area contributed by atoms with Crippen LogP contribution < -0.4 is 5.32 Å². The van der Waals surface area contributed by atoms with E-state index in [1.165, 1.54) is 18.6 Å². The minimum Gasteiger partial charge on any atom is -0.303 e. The molecule has 0 spiro atoms. The molecule has 0 aliphatic carbocycles. The zero-order valence-electron chi connectivity index (χ0n) is 11.4. The van der Waals surface area contributed by atoms with Crippen molar-refractivity contribution in [2.24, 2.45) is 0 Å². The Morgan fingerprint density at radius 3 is 2.70 bits per heavy atom. The van der Waals surface area contributed by atoms with Gasteiger partial charge in [-0.1, -0.05) is 6.07 Å². The van der Waals surface area contributed by atoms with E-state index in [9.17, 15) is 8.78 Å². The van der Waals surface area contributed by atoms with Crippen LogP contribution in [-0.2, 0) is 13.1 Å². The molecule has 0 fully saturated rings. The fourth-order valence-corrected chi connectivity index (χ4v) is 1.85. The van der Waals surface area contributed by atoms with E-state index >= 15 is 0 Å². The molecule has 5 nitrogen and oxygen atoms in total. The Hall–Kier alpha value is -1.89. The Morgan fingerprint density at radius 2 is 2.10 bits per heavy atom. The molecule has 2 heterocycles. The molecule has 2 aromatic heterocycles. The summed E-state index contributed by atoms with van der Waals surface area (Å²) >= 11 is 0. The summed E-state index contributed by atoms with van der Waals surface area (Å²) in [7, 11) is 0. The van der Waals surface area contributed by atoms with Crippen molar-refractivity contribution in [2.75, 3.05) is 0 Å². The zero-order valence-corrected chi connectivity index (χ0v) is 11.4. The number of aromatic nitrogens is 4. The molecule has 0 bridgehead atoms. The number of hydrogen-bond donors (Lipinski definition) is 1. The lowest BCUT2D eigenvalue weighted by atomic mass is 10.1. The van der Waals surface area contributed by atoms with E-state index in [1.54, 1.807) is 10.7 Å². The normalized spacial score (nSPS) is 12.8. The summed E-state index contributed by atoms with van der Waals surface area (Å²) in [4.78, 5) is 7.92. The van der Waals surface area contributed by atoms with E-state index in [4.69, 9.17) is 0 Å². The molecular formula is C13H17F2N5. The standard InChI is InChI=1S/C13H17F2N5/c1-3-20-12(18-8-19-20)7-16-9(2)10-4-5-11(13(14)15)17-6-10/h4-6,8-9,13,16H,3,7H2,1-2H3. The van der Waals surface area contributed by atoms with Gasteiger partial charge in [0.05, 0.1) is 6.54 Å². The molecule has 2 rings (SSSR count). The fraction of sp³-hybridized carbons (Fsp3) is 0.462. The largest absolute Gasteiger partial charge is 0.303 e. The average molecular weight is 281 g/mol. The second kappa shape index (κ2) is 6.51. The van der Waals surface area contributed by atoms with Gasteiger partial charge in [0.25, 0.3) is 6.43 Å². The van der Waals surface area contributed by atoms with Crippen molar-refractivity contribution in [1.29, 1.82) is 0 Å². The van der Waals surface area contributed by atoms with Crippen LogP contribution in [0, 0.1) is 0 Å². The number of halogens is 2. The van der Waals surface area contributed by atoms with Crippen molar-refractivity contribution in [3.8, 4) is 0 Å². The Labute approximate surface area is 116 Å². The first-order valence-electron chi connectivity index (χ1n) is 6.46. The smallest absolute Gasteiger partial charge is 0.280 e. The van der Waals surface area contributed by atoms with Gasteiger partial charge in [0, 0.05) is 18.8 Å². The predicted molar refractivity (Wildman–Crippen MR) is 70.1 cm³/mol. The lowest BCUT2D eigenvalue weighted by Gasteiger charge is -2.14. The van der Waals surface area contributed by atoms with Gasteiger partial charge in [0.15, 0.2) is 0 Å². The molecule has 1 atom stereocenters. The zero-order chi connectivity index (χ0) is 14.5. The first-order chi connectivity index (χ1) is 9.61. The maximum Gasteiger partial charge on any atom is 0.280 e. The monoisotopic (exact) mass is 281 g/mol. The highest BCUT2D eigenvalue weighted by Gasteiger charge is 2.11. The molecule has 108 valence electrons. The van der Waals surface area contributed by atoms with Gasteiger partial charge in [-0.05, 0) is 25.5 Å². The molecule has 0 amide bonds. The molecule has 20 heavy (non-hydrogen) atoms. The van der Waals surface area contributed by atoms with Crippen LogP contribution in [0.15, 0.2) is 24.7 Å². The molecular weight excluding hydrogens is 264 g/mol. The van der Waals surface area contributed by atoms with E-state index in [2.05, 4.69) is 20.4 Å².